The van der Waals surface area contributed by atoms with E-state index in [4.69, 9.17) is 0 Å². The van der Waals surface area contributed by atoms with Crippen LogP contribution in [0.4, 0.5) is 5.69 Å². The lowest BCUT2D eigenvalue weighted by Crippen LogP contribution is -2.33. The minimum absolute atomic E-state index is 0.0263. The third-order valence-electron chi connectivity index (χ3n) is 3.05. The molecule has 4 nitrogen and oxygen atoms in total. The van der Waals surface area contributed by atoms with Gasteiger partial charge in [0.05, 0.1) is 6.54 Å². The summed E-state index contributed by atoms with van der Waals surface area (Å²) in [7, 11) is 0. The van der Waals surface area contributed by atoms with Crippen molar-refractivity contribution in [2.45, 2.75) is 26.3 Å². The van der Waals surface area contributed by atoms with E-state index in [1.165, 1.54) is 0 Å². The van der Waals surface area contributed by atoms with E-state index in [9.17, 15) is 4.79 Å². The summed E-state index contributed by atoms with van der Waals surface area (Å²) in [6.45, 7) is 4.49. The van der Waals surface area contributed by atoms with Crippen molar-refractivity contribution in [1.29, 1.82) is 0 Å². The van der Waals surface area contributed by atoms with E-state index < -0.39 is 0 Å². The summed E-state index contributed by atoms with van der Waals surface area (Å²) in [5.74, 6) is -0.0263. The molecule has 0 radical (unpaired) electrons. The fourth-order valence-corrected chi connectivity index (χ4v) is 2.35. The van der Waals surface area contributed by atoms with Gasteiger partial charge in [0.25, 0.3) is 0 Å². The highest BCUT2D eigenvalue weighted by molar-refractivity contribution is 7.13. The zero-order chi connectivity index (χ0) is 14.4. The van der Waals surface area contributed by atoms with Crippen LogP contribution in [0.2, 0.25) is 0 Å². The number of rotatable bonds is 6. The summed E-state index contributed by atoms with van der Waals surface area (Å²) < 4.78 is 0. The molecular formula is C15H19N3OS. The Balaban J connectivity index is 1.96. The van der Waals surface area contributed by atoms with Crippen molar-refractivity contribution in [3.05, 3.63) is 35.8 Å². The Labute approximate surface area is 123 Å². The summed E-state index contributed by atoms with van der Waals surface area (Å²) >= 11 is 1.58. The molecule has 106 valence electrons. The first kappa shape index (κ1) is 14.7. The molecule has 1 amide bonds. The summed E-state index contributed by atoms with van der Waals surface area (Å²) in [6.07, 6.45) is 2.79. The molecule has 5 heteroatoms. The van der Waals surface area contributed by atoms with Crippen molar-refractivity contribution >= 4 is 22.9 Å². The average Bonchev–Trinajstić information content (AvgIpc) is 2.99. The van der Waals surface area contributed by atoms with Crippen LogP contribution in [0, 0.1) is 0 Å². The lowest BCUT2D eigenvalue weighted by Gasteiger charge is -2.11. The van der Waals surface area contributed by atoms with Crippen LogP contribution in [0.25, 0.3) is 10.6 Å². The van der Waals surface area contributed by atoms with E-state index in [0.29, 0.717) is 12.6 Å². The second-order valence-corrected chi connectivity index (χ2v) is 5.55. The van der Waals surface area contributed by atoms with E-state index in [2.05, 4.69) is 29.5 Å². The van der Waals surface area contributed by atoms with Gasteiger partial charge in [-0.25, -0.2) is 4.98 Å². The first-order valence-corrected chi connectivity index (χ1v) is 7.60. The quantitative estimate of drug-likeness (QED) is 0.859. The number of carbonyl (C=O) groups is 1. The Kier molecular flexibility index (Phi) is 5.26. The molecule has 2 N–H and O–H groups in total. The maximum atomic E-state index is 11.8. The molecule has 1 unspecified atom stereocenters. The summed E-state index contributed by atoms with van der Waals surface area (Å²) in [6, 6.07) is 8.10. The average molecular weight is 289 g/mol. The molecular weight excluding hydrogens is 270 g/mol. The number of nitrogens with zero attached hydrogens (tertiary/aromatic N) is 1. The van der Waals surface area contributed by atoms with E-state index in [-0.39, 0.29) is 5.91 Å². The topological polar surface area (TPSA) is 54.0 Å². The molecule has 1 aromatic carbocycles. The van der Waals surface area contributed by atoms with Gasteiger partial charge in [-0.05, 0) is 25.5 Å². The third-order valence-corrected chi connectivity index (χ3v) is 3.87. The first-order valence-electron chi connectivity index (χ1n) is 6.72. The minimum atomic E-state index is -0.0263. The highest BCUT2D eigenvalue weighted by atomic mass is 32.1. The van der Waals surface area contributed by atoms with Crippen LogP contribution < -0.4 is 10.6 Å². The number of carbonyl (C=O) groups excluding carboxylic acids is 1. The molecule has 20 heavy (non-hydrogen) atoms. The fraction of sp³-hybridized carbons (Fsp3) is 0.333. The molecule has 2 rings (SSSR count). The van der Waals surface area contributed by atoms with Gasteiger partial charge >= 0.3 is 0 Å². The SMILES string of the molecule is CCC(C)NCC(=O)Nc1cccc(-c2nccs2)c1. The van der Waals surface area contributed by atoms with Crippen LogP contribution >= 0.6 is 11.3 Å². The van der Waals surface area contributed by atoms with E-state index in [1.54, 1.807) is 17.5 Å². The number of aromatic nitrogens is 1. The van der Waals surface area contributed by atoms with Crippen LogP contribution in [0.15, 0.2) is 35.8 Å². The Bertz CT molecular complexity index is 554. The number of amides is 1. The number of thiazole rings is 1. The molecule has 0 saturated heterocycles. The van der Waals surface area contributed by atoms with Crippen molar-refractivity contribution in [3.63, 3.8) is 0 Å². The van der Waals surface area contributed by atoms with Gasteiger partial charge in [-0.3, -0.25) is 4.79 Å². The molecule has 0 spiro atoms. The lowest BCUT2D eigenvalue weighted by atomic mass is 10.2. The van der Waals surface area contributed by atoms with Crippen LogP contribution in [0.5, 0.6) is 0 Å². The molecule has 0 saturated carbocycles. The smallest absolute Gasteiger partial charge is 0.238 e. The maximum absolute atomic E-state index is 11.8. The fourth-order valence-electron chi connectivity index (χ4n) is 1.71. The predicted octanol–water partition coefficient (Wildman–Crippen LogP) is 3.14. The van der Waals surface area contributed by atoms with Crippen LogP contribution in [-0.4, -0.2) is 23.5 Å². The standard InChI is InChI=1S/C15H19N3OS/c1-3-11(2)17-10-14(19)18-13-6-4-5-12(9-13)15-16-7-8-20-15/h4-9,11,17H,3,10H2,1-2H3,(H,18,19). The van der Waals surface area contributed by atoms with Crippen molar-refractivity contribution in [3.8, 4) is 10.6 Å². The Morgan fingerprint density at radius 2 is 2.30 bits per heavy atom. The maximum Gasteiger partial charge on any atom is 0.238 e. The van der Waals surface area contributed by atoms with E-state index >= 15 is 0 Å². The molecule has 1 heterocycles. The Morgan fingerprint density at radius 1 is 1.45 bits per heavy atom. The van der Waals surface area contributed by atoms with Gasteiger partial charge in [-0.1, -0.05) is 19.1 Å². The Hall–Kier alpha value is -1.72. The van der Waals surface area contributed by atoms with Crippen molar-refractivity contribution in [2.75, 3.05) is 11.9 Å². The van der Waals surface area contributed by atoms with Gasteiger partial charge in [-0.15, -0.1) is 11.3 Å². The van der Waals surface area contributed by atoms with Crippen LogP contribution in [0.1, 0.15) is 20.3 Å². The van der Waals surface area contributed by atoms with Gasteiger partial charge in [0.15, 0.2) is 0 Å². The molecule has 2 aromatic rings. The molecule has 0 aliphatic rings. The van der Waals surface area contributed by atoms with Crippen molar-refractivity contribution < 1.29 is 4.79 Å². The summed E-state index contributed by atoms with van der Waals surface area (Å²) in [5.41, 5.74) is 1.82. The van der Waals surface area contributed by atoms with Crippen molar-refractivity contribution in [1.82, 2.24) is 10.3 Å². The highest BCUT2D eigenvalue weighted by Gasteiger charge is 2.06. The monoisotopic (exact) mass is 289 g/mol. The highest BCUT2D eigenvalue weighted by Crippen LogP contribution is 2.24. The first-order chi connectivity index (χ1) is 9.69. The number of anilines is 1. The predicted molar refractivity (Wildman–Crippen MR) is 83.9 cm³/mol. The zero-order valence-electron chi connectivity index (χ0n) is 11.7. The van der Waals surface area contributed by atoms with Gasteiger partial charge in [-0.2, -0.15) is 0 Å². The lowest BCUT2D eigenvalue weighted by molar-refractivity contribution is -0.115. The second-order valence-electron chi connectivity index (χ2n) is 4.66. The number of hydrogen-bond acceptors (Lipinski definition) is 4. The second kappa shape index (κ2) is 7.17. The number of benzene rings is 1. The summed E-state index contributed by atoms with van der Waals surface area (Å²) in [5, 5.41) is 8.97. The van der Waals surface area contributed by atoms with E-state index in [0.717, 1.165) is 22.7 Å². The molecule has 1 aromatic heterocycles. The van der Waals surface area contributed by atoms with Gasteiger partial charge in [0.2, 0.25) is 5.91 Å². The zero-order valence-corrected chi connectivity index (χ0v) is 12.5. The molecule has 0 fully saturated rings. The van der Waals surface area contributed by atoms with Gasteiger partial charge in [0, 0.05) is 28.9 Å². The molecule has 0 aliphatic carbocycles. The van der Waals surface area contributed by atoms with Crippen LogP contribution in [0.3, 0.4) is 0 Å². The normalized spacial score (nSPS) is 12.1. The van der Waals surface area contributed by atoms with Crippen molar-refractivity contribution in [2.24, 2.45) is 0 Å². The van der Waals surface area contributed by atoms with E-state index in [1.807, 2.05) is 29.6 Å². The Morgan fingerprint density at radius 3 is 3.00 bits per heavy atom. The minimum Gasteiger partial charge on any atom is -0.325 e. The molecule has 0 aliphatic heterocycles. The van der Waals surface area contributed by atoms with Crippen LogP contribution in [-0.2, 0) is 4.79 Å². The molecule has 1 atom stereocenters. The van der Waals surface area contributed by atoms with Gasteiger partial charge < -0.3 is 10.6 Å². The largest absolute Gasteiger partial charge is 0.325 e. The molecule has 0 bridgehead atoms. The summed E-state index contributed by atoms with van der Waals surface area (Å²) in [4.78, 5) is 16.1. The third kappa shape index (κ3) is 4.15. The number of nitrogens with one attached hydrogen (secondary N) is 2. The van der Waals surface area contributed by atoms with Gasteiger partial charge in [0.1, 0.15) is 5.01 Å². The number of hydrogen-bond donors (Lipinski definition) is 2.